The average molecular weight is 1090 g/mol. The maximum atomic E-state index is 12.7. The fraction of sp³-hybridized carbons (Fsp3) is 0.642. The molecule has 0 aliphatic heterocycles. The molecule has 0 radical (unpaired) electrons. The van der Waals surface area contributed by atoms with Crippen LogP contribution in [0.15, 0.2) is 134 Å². The number of unbranched alkanes of at least 4 members (excludes halogenated alkanes) is 21. The summed E-state index contributed by atoms with van der Waals surface area (Å²) in [6, 6.07) is 0. The molecular formula is C67H112NO8P. The van der Waals surface area contributed by atoms with E-state index in [2.05, 4.69) is 148 Å². The van der Waals surface area contributed by atoms with Gasteiger partial charge in [-0.3, -0.25) is 18.6 Å². The predicted molar refractivity (Wildman–Crippen MR) is 330 cm³/mol. The molecule has 0 saturated heterocycles. The molecule has 77 heavy (non-hydrogen) atoms. The topological polar surface area (TPSA) is 134 Å². The number of nitrogens with two attached hydrogens (primary N) is 1. The summed E-state index contributed by atoms with van der Waals surface area (Å²) < 4.78 is 33.1. The van der Waals surface area contributed by atoms with Gasteiger partial charge in [0.1, 0.15) is 6.61 Å². The number of hydrogen-bond acceptors (Lipinski definition) is 8. The molecule has 9 nitrogen and oxygen atoms in total. The zero-order valence-corrected chi connectivity index (χ0v) is 49.8. The van der Waals surface area contributed by atoms with Crippen molar-refractivity contribution in [3.05, 3.63) is 134 Å². The summed E-state index contributed by atoms with van der Waals surface area (Å²) in [5.74, 6) is -0.866. The SMILES string of the molecule is CC/C=C\C/C=C\C/C=C\C/C=C\C/C=C\C/C=C\C/C=C\C/C=C\CCCCCCC(=O)OC(COC(=O)CCCCCCCCCCCCCC/C=C\C/C=C\C/C=C\CCCCCCC)COP(=O)(O)OCCN. The van der Waals surface area contributed by atoms with Crippen molar-refractivity contribution in [2.45, 2.75) is 251 Å². The van der Waals surface area contributed by atoms with Crippen LogP contribution in [0.4, 0.5) is 0 Å². The van der Waals surface area contributed by atoms with Gasteiger partial charge in [-0.15, -0.1) is 0 Å². The van der Waals surface area contributed by atoms with Crippen LogP contribution in [0.2, 0.25) is 0 Å². The van der Waals surface area contributed by atoms with Crippen LogP contribution in [0.5, 0.6) is 0 Å². The largest absolute Gasteiger partial charge is 0.472 e. The highest BCUT2D eigenvalue weighted by Gasteiger charge is 2.26. The molecule has 2 atom stereocenters. The lowest BCUT2D eigenvalue weighted by molar-refractivity contribution is -0.161. The minimum absolute atomic E-state index is 0.0414. The van der Waals surface area contributed by atoms with Crippen molar-refractivity contribution in [2.75, 3.05) is 26.4 Å². The molecule has 2 unspecified atom stereocenters. The number of carbonyl (C=O) groups excluding carboxylic acids is 2. The van der Waals surface area contributed by atoms with Gasteiger partial charge in [-0.1, -0.05) is 250 Å². The van der Waals surface area contributed by atoms with E-state index in [1.165, 1.54) is 96.3 Å². The number of phosphoric acid groups is 1. The van der Waals surface area contributed by atoms with E-state index in [4.69, 9.17) is 24.3 Å². The molecule has 0 aromatic heterocycles. The second kappa shape index (κ2) is 61.4. The molecule has 0 saturated carbocycles. The van der Waals surface area contributed by atoms with E-state index in [1.54, 1.807) is 0 Å². The first-order valence-corrected chi connectivity index (χ1v) is 32.2. The first kappa shape index (κ1) is 73.2. The van der Waals surface area contributed by atoms with Gasteiger partial charge in [-0.25, -0.2) is 4.57 Å². The second-order valence-corrected chi connectivity index (χ2v) is 21.3. The Labute approximate surface area is 472 Å². The van der Waals surface area contributed by atoms with Gasteiger partial charge in [0, 0.05) is 19.4 Å². The molecular weight excluding hydrogens is 978 g/mol. The number of phosphoric ester groups is 1. The Kier molecular flexibility index (Phi) is 58.3. The van der Waals surface area contributed by atoms with Gasteiger partial charge in [0.05, 0.1) is 13.2 Å². The van der Waals surface area contributed by atoms with Gasteiger partial charge in [-0.05, 0) is 116 Å². The predicted octanol–water partition coefficient (Wildman–Crippen LogP) is 19.7. The Morgan fingerprint density at radius 3 is 1.06 bits per heavy atom. The van der Waals surface area contributed by atoms with E-state index in [1.807, 2.05) is 0 Å². The smallest absolute Gasteiger partial charge is 0.462 e. The van der Waals surface area contributed by atoms with Gasteiger partial charge < -0.3 is 20.1 Å². The van der Waals surface area contributed by atoms with Crippen molar-refractivity contribution in [1.82, 2.24) is 0 Å². The lowest BCUT2D eigenvalue weighted by Gasteiger charge is -2.19. The Balaban J connectivity index is 4.07. The minimum atomic E-state index is -4.41. The van der Waals surface area contributed by atoms with E-state index in [0.29, 0.717) is 6.42 Å². The van der Waals surface area contributed by atoms with Crippen molar-refractivity contribution >= 4 is 19.8 Å². The molecule has 3 N–H and O–H groups in total. The highest BCUT2D eigenvalue weighted by Crippen LogP contribution is 2.43. The highest BCUT2D eigenvalue weighted by atomic mass is 31.2. The van der Waals surface area contributed by atoms with E-state index in [0.717, 1.165) is 116 Å². The average Bonchev–Trinajstić information content (AvgIpc) is 3.42. The molecule has 438 valence electrons. The minimum Gasteiger partial charge on any atom is -0.462 e. The molecule has 0 aromatic carbocycles. The van der Waals surface area contributed by atoms with E-state index < -0.39 is 32.5 Å². The van der Waals surface area contributed by atoms with Crippen LogP contribution in [-0.4, -0.2) is 49.3 Å². The van der Waals surface area contributed by atoms with Crippen molar-refractivity contribution in [3.8, 4) is 0 Å². The van der Waals surface area contributed by atoms with Crippen molar-refractivity contribution < 1.29 is 37.6 Å². The molecule has 0 aliphatic rings. The van der Waals surface area contributed by atoms with Gasteiger partial charge >= 0.3 is 19.8 Å². The Hall–Kier alpha value is -3.85. The highest BCUT2D eigenvalue weighted by molar-refractivity contribution is 7.47. The monoisotopic (exact) mass is 1090 g/mol. The fourth-order valence-corrected chi connectivity index (χ4v) is 8.78. The molecule has 0 heterocycles. The maximum absolute atomic E-state index is 12.7. The van der Waals surface area contributed by atoms with Crippen molar-refractivity contribution in [1.29, 1.82) is 0 Å². The van der Waals surface area contributed by atoms with Crippen LogP contribution in [0.3, 0.4) is 0 Å². The number of allylic oxidation sites excluding steroid dienone is 22. The molecule has 0 bridgehead atoms. The van der Waals surface area contributed by atoms with Gasteiger partial charge in [0.15, 0.2) is 6.10 Å². The molecule has 0 rings (SSSR count). The lowest BCUT2D eigenvalue weighted by Crippen LogP contribution is -2.29. The van der Waals surface area contributed by atoms with Crippen LogP contribution in [-0.2, 0) is 32.7 Å². The van der Waals surface area contributed by atoms with E-state index in [-0.39, 0.29) is 32.6 Å². The summed E-state index contributed by atoms with van der Waals surface area (Å²) in [7, 11) is -4.41. The summed E-state index contributed by atoms with van der Waals surface area (Å²) in [4.78, 5) is 35.2. The first-order valence-electron chi connectivity index (χ1n) is 30.7. The molecule has 10 heteroatoms. The molecule has 0 fully saturated rings. The third kappa shape index (κ3) is 61.2. The number of carbonyl (C=O) groups is 2. The molecule has 0 aromatic rings. The van der Waals surface area contributed by atoms with Crippen LogP contribution in [0.25, 0.3) is 0 Å². The quantitative estimate of drug-likeness (QED) is 0.0264. The van der Waals surface area contributed by atoms with Crippen LogP contribution >= 0.6 is 7.82 Å². The number of esters is 2. The maximum Gasteiger partial charge on any atom is 0.472 e. The summed E-state index contributed by atoms with van der Waals surface area (Å²) in [5.41, 5.74) is 5.39. The Bertz CT molecular complexity index is 1720. The summed E-state index contributed by atoms with van der Waals surface area (Å²) in [5, 5.41) is 0. The van der Waals surface area contributed by atoms with Crippen LogP contribution in [0.1, 0.15) is 245 Å². The van der Waals surface area contributed by atoms with E-state index >= 15 is 0 Å². The van der Waals surface area contributed by atoms with Crippen molar-refractivity contribution in [3.63, 3.8) is 0 Å². The number of ether oxygens (including phenoxy) is 2. The summed E-state index contributed by atoms with van der Waals surface area (Å²) in [6.45, 7) is 3.58. The van der Waals surface area contributed by atoms with Gasteiger partial charge in [0.25, 0.3) is 0 Å². The fourth-order valence-electron chi connectivity index (χ4n) is 8.01. The number of rotatable bonds is 56. The van der Waals surface area contributed by atoms with Crippen LogP contribution < -0.4 is 5.73 Å². The zero-order chi connectivity index (χ0) is 55.9. The molecule has 0 aliphatic carbocycles. The molecule has 0 amide bonds. The summed E-state index contributed by atoms with van der Waals surface area (Å²) >= 11 is 0. The Morgan fingerprint density at radius 2 is 0.714 bits per heavy atom. The first-order chi connectivity index (χ1) is 37.8. The van der Waals surface area contributed by atoms with Gasteiger partial charge in [0.2, 0.25) is 0 Å². The second-order valence-electron chi connectivity index (χ2n) is 19.8. The number of hydrogen-bond donors (Lipinski definition) is 2. The third-order valence-electron chi connectivity index (χ3n) is 12.5. The van der Waals surface area contributed by atoms with E-state index in [9.17, 15) is 19.0 Å². The normalized spacial score (nSPS) is 14.0. The standard InChI is InChI=1S/C67H112NO8P/c1-3-5-7-9-11-13-15-17-19-21-23-25-27-29-31-32-34-36-38-40-42-44-46-48-50-52-54-56-58-60-67(70)76-65(64-75-77(71,72)74-62-61-68)63-73-66(69)59-57-55-53-51-49-47-45-43-41-39-37-35-33-30-28-26-24-22-20-18-16-14-12-10-8-6-4-2/h5,7,11,13,16-19,22-25,28-31,34,36,40,42,46,48,65H,3-4,6,8-10,12,14-15,20-21,26-27,32-33,35,37-39,41,43-45,47,49-64,68H2,1-2H3,(H,71,72)/b7-5-,13-11-,18-16-,19-17-,24-22-,25-23-,30-28-,31-29-,36-34-,42-40-,48-46-. The Morgan fingerprint density at radius 1 is 0.403 bits per heavy atom. The third-order valence-corrected chi connectivity index (χ3v) is 13.5. The van der Waals surface area contributed by atoms with Crippen molar-refractivity contribution in [2.24, 2.45) is 5.73 Å². The van der Waals surface area contributed by atoms with Gasteiger partial charge in [-0.2, -0.15) is 0 Å². The van der Waals surface area contributed by atoms with Crippen LogP contribution in [0, 0.1) is 0 Å². The zero-order valence-electron chi connectivity index (χ0n) is 48.9. The lowest BCUT2D eigenvalue weighted by atomic mass is 10.0. The summed E-state index contributed by atoms with van der Waals surface area (Å²) in [6.07, 6.45) is 86.5. The molecule has 0 spiro atoms.